The molecule has 1 aliphatic rings. The van der Waals surface area contributed by atoms with Gasteiger partial charge in [0.05, 0.1) is 11.4 Å². The van der Waals surface area contributed by atoms with Crippen molar-refractivity contribution >= 4 is 29.3 Å². The van der Waals surface area contributed by atoms with Crippen molar-refractivity contribution in [2.24, 2.45) is 0 Å². The molecule has 0 saturated carbocycles. The van der Waals surface area contributed by atoms with E-state index in [2.05, 4.69) is 27.7 Å². The van der Waals surface area contributed by atoms with Gasteiger partial charge in [0.2, 0.25) is 5.91 Å². The van der Waals surface area contributed by atoms with E-state index in [0.29, 0.717) is 23.5 Å². The molecule has 2 N–H and O–H groups in total. The molecule has 2 aromatic rings. The minimum absolute atomic E-state index is 0.0319. The number of thioether (sulfide) groups is 1. The molecule has 1 atom stereocenters. The first-order valence-electron chi connectivity index (χ1n) is 8.58. The van der Waals surface area contributed by atoms with E-state index in [1.54, 1.807) is 12.1 Å². The second kappa shape index (κ2) is 8.38. The summed E-state index contributed by atoms with van der Waals surface area (Å²) in [5, 5.41) is 5.84. The second-order valence-electron chi connectivity index (χ2n) is 6.56. The molecule has 26 heavy (non-hydrogen) atoms. The number of benzene rings is 2. The summed E-state index contributed by atoms with van der Waals surface area (Å²) >= 11 is 1.49. The maximum Gasteiger partial charge on any atom is 0.251 e. The summed E-state index contributed by atoms with van der Waals surface area (Å²) in [6, 6.07) is 15.9. The number of likely N-dealkylation sites (N-methyl/N-ethyl adjacent to an activating group) is 1. The number of anilines is 1. The molecular weight excluding hydrogens is 346 g/mol. The number of hydrogen-bond acceptors (Lipinski definition) is 4. The molecule has 0 spiro atoms. The lowest BCUT2D eigenvalue weighted by Crippen LogP contribution is -2.41. The summed E-state index contributed by atoms with van der Waals surface area (Å²) in [7, 11) is 4.04. The van der Waals surface area contributed by atoms with Gasteiger partial charge < -0.3 is 15.5 Å². The molecule has 0 aromatic heterocycles. The maximum absolute atomic E-state index is 12.5. The van der Waals surface area contributed by atoms with Gasteiger partial charge in [0.15, 0.2) is 0 Å². The molecule has 5 nitrogen and oxygen atoms in total. The van der Waals surface area contributed by atoms with Crippen LogP contribution in [0.1, 0.15) is 15.9 Å². The van der Waals surface area contributed by atoms with Gasteiger partial charge in [-0.05, 0) is 44.3 Å². The molecule has 2 amide bonds. The van der Waals surface area contributed by atoms with Gasteiger partial charge in [0.1, 0.15) is 0 Å². The van der Waals surface area contributed by atoms with Crippen LogP contribution in [0.4, 0.5) is 5.69 Å². The lowest BCUT2D eigenvalue weighted by molar-refractivity contribution is -0.113. The number of rotatable bonds is 6. The zero-order chi connectivity index (χ0) is 18.5. The van der Waals surface area contributed by atoms with E-state index in [9.17, 15) is 9.59 Å². The van der Waals surface area contributed by atoms with Crippen LogP contribution in [0.3, 0.4) is 0 Å². The number of carbonyl (C=O) groups excluding carboxylic acids is 2. The molecule has 2 aromatic carbocycles. The Labute approximate surface area is 158 Å². The van der Waals surface area contributed by atoms with Crippen LogP contribution in [0.5, 0.6) is 0 Å². The Balaban J connectivity index is 1.63. The summed E-state index contributed by atoms with van der Waals surface area (Å²) in [6.45, 7) is 0.554. The summed E-state index contributed by atoms with van der Waals surface area (Å²) < 4.78 is 0. The van der Waals surface area contributed by atoms with Crippen LogP contribution in [0, 0.1) is 0 Å². The van der Waals surface area contributed by atoms with E-state index in [1.807, 2.05) is 38.4 Å². The third kappa shape index (κ3) is 4.65. The predicted molar refractivity (Wildman–Crippen MR) is 106 cm³/mol. The first-order chi connectivity index (χ1) is 12.5. The third-order valence-corrected chi connectivity index (χ3v) is 5.49. The Hall–Kier alpha value is -2.31. The van der Waals surface area contributed by atoms with Crippen LogP contribution in [0.15, 0.2) is 53.4 Å². The van der Waals surface area contributed by atoms with Gasteiger partial charge >= 0.3 is 0 Å². The van der Waals surface area contributed by atoms with Crippen molar-refractivity contribution in [1.29, 1.82) is 0 Å². The highest BCUT2D eigenvalue weighted by molar-refractivity contribution is 8.00. The Kier molecular flexibility index (Phi) is 5.96. The van der Waals surface area contributed by atoms with Crippen LogP contribution < -0.4 is 10.6 Å². The molecule has 1 heterocycles. The van der Waals surface area contributed by atoms with Crippen LogP contribution in [0.2, 0.25) is 0 Å². The van der Waals surface area contributed by atoms with Crippen LogP contribution >= 0.6 is 11.8 Å². The quantitative estimate of drug-likeness (QED) is 0.822. The zero-order valence-electron chi connectivity index (χ0n) is 15.0. The Morgan fingerprint density at radius 3 is 2.73 bits per heavy atom. The molecule has 0 radical (unpaired) electrons. The first kappa shape index (κ1) is 18.5. The standard InChI is InChI=1S/C20H23N3O2S/c1-23(2)16(10-14-6-4-3-5-7-14)12-21-20(25)15-8-9-18-17(11-15)22-19(24)13-26-18/h3-9,11,16H,10,12-13H2,1-2H3,(H,21,25)(H,22,24). The van der Waals surface area contributed by atoms with Gasteiger partial charge in [-0.25, -0.2) is 0 Å². The van der Waals surface area contributed by atoms with Crippen molar-refractivity contribution in [1.82, 2.24) is 10.2 Å². The Morgan fingerprint density at radius 2 is 2.00 bits per heavy atom. The van der Waals surface area contributed by atoms with E-state index in [1.165, 1.54) is 17.3 Å². The topological polar surface area (TPSA) is 61.4 Å². The molecule has 0 aliphatic carbocycles. The lowest BCUT2D eigenvalue weighted by atomic mass is 10.0. The summed E-state index contributed by atoms with van der Waals surface area (Å²) in [4.78, 5) is 27.2. The van der Waals surface area contributed by atoms with E-state index < -0.39 is 0 Å². The smallest absolute Gasteiger partial charge is 0.251 e. The van der Waals surface area contributed by atoms with Gasteiger partial charge in [-0.2, -0.15) is 0 Å². The molecule has 0 fully saturated rings. The van der Waals surface area contributed by atoms with Crippen molar-refractivity contribution in [3.05, 3.63) is 59.7 Å². The monoisotopic (exact) mass is 369 g/mol. The highest BCUT2D eigenvalue weighted by atomic mass is 32.2. The Morgan fingerprint density at radius 1 is 1.23 bits per heavy atom. The fraction of sp³-hybridized carbons (Fsp3) is 0.300. The maximum atomic E-state index is 12.5. The third-order valence-electron chi connectivity index (χ3n) is 4.42. The average Bonchev–Trinajstić information content (AvgIpc) is 2.64. The molecular formula is C20H23N3O2S. The van der Waals surface area contributed by atoms with E-state index in [0.717, 1.165) is 11.3 Å². The number of amides is 2. The minimum atomic E-state index is -0.127. The van der Waals surface area contributed by atoms with E-state index in [4.69, 9.17) is 0 Å². The molecule has 0 saturated heterocycles. The van der Waals surface area contributed by atoms with Gasteiger partial charge in [-0.1, -0.05) is 30.3 Å². The normalized spacial score (nSPS) is 14.5. The number of hydrogen-bond donors (Lipinski definition) is 2. The summed E-state index contributed by atoms with van der Waals surface area (Å²) in [5.74, 6) is 0.260. The minimum Gasteiger partial charge on any atom is -0.350 e. The van der Waals surface area contributed by atoms with Crippen molar-refractivity contribution in [2.45, 2.75) is 17.4 Å². The fourth-order valence-corrected chi connectivity index (χ4v) is 3.65. The van der Waals surface area contributed by atoms with Crippen LogP contribution in [0.25, 0.3) is 0 Å². The number of carbonyl (C=O) groups is 2. The molecule has 6 heteroatoms. The first-order valence-corrected chi connectivity index (χ1v) is 9.57. The molecule has 3 rings (SSSR count). The molecule has 1 aliphatic heterocycles. The number of fused-ring (bicyclic) bond motifs is 1. The fourth-order valence-electron chi connectivity index (χ4n) is 2.86. The Bertz CT molecular complexity index is 793. The van der Waals surface area contributed by atoms with Gasteiger partial charge in [-0.3, -0.25) is 9.59 Å². The van der Waals surface area contributed by atoms with Crippen molar-refractivity contribution in [2.75, 3.05) is 31.7 Å². The van der Waals surface area contributed by atoms with Crippen molar-refractivity contribution in [3.8, 4) is 0 Å². The van der Waals surface area contributed by atoms with Crippen LogP contribution in [-0.2, 0) is 11.2 Å². The van der Waals surface area contributed by atoms with Gasteiger partial charge in [0.25, 0.3) is 5.91 Å². The summed E-state index contributed by atoms with van der Waals surface area (Å²) in [6.07, 6.45) is 0.866. The number of nitrogens with zero attached hydrogens (tertiary/aromatic N) is 1. The molecule has 1 unspecified atom stereocenters. The lowest BCUT2D eigenvalue weighted by Gasteiger charge is -2.25. The van der Waals surface area contributed by atoms with Crippen molar-refractivity contribution < 1.29 is 9.59 Å². The zero-order valence-corrected chi connectivity index (χ0v) is 15.8. The number of nitrogens with one attached hydrogen (secondary N) is 2. The van der Waals surface area contributed by atoms with Crippen molar-refractivity contribution in [3.63, 3.8) is 0 Å². The molecule has 136 valence electrons. The largest absolute Gasteiger partial charge is 0.350 e. The van der Waals surface area contributed by atoms with Gasteiger partial charge in [0, 0.05) is 23.0 Å². The van der Waals surface area contributed by atoms with Crippen LogP contribution in [-0.4, -0.2) is 49.1 Å². The van der Waals surface area contributed by atoms with E-state index >= 15 is 0 Å². The SMILES string of the molecule is CN(C)C(CNC(=O)c1ccc2c(c1)NC(=O)CS2)Cc1ccccc1. The highest BCUT2D eigenvalue weighted by Gasteiger charge is 2.18. The summed E-state index contributed by atoms with van der Waals surface area (Å²) in [5.41, 5.74) is 2.52. The average molecular weight is 369 g/mol. The second-order valence-corrected chi connectivity index (χ2v) is 7.58. The molecule has 0 bridgehead atoms. The highest BCUT2D eigenvalue weighted by Crippen LogP contribution is 2.31. The predicted octanol–water partition coefficient (Wildman–Crippen LogP) is 2.63. The van der Waals surface area contributed by atoms with E-state index in [-0.39, 0.29) is 17.9 Å². The van der Waals surface area contributed by atoms with Gasteiger partial charge in [-0.15, -0.1) is 11.8 Å².